The second kappa shape index (κ2) is 7.32. The van der Waals surface area contributed by atoms with E-state index < -0.39 is 0 Å². The molecule has 3 heterocycles. The molecule has 7 nitrogen and oxygen atoms in total. The summed E-state index contributed by atoms with van der Waals surface area (Å²) in [5.41, 5.74) is 2.77. The Morgan fingerprint density at radius 1 is 1.50 bits per heavy atom. The molecule has 120 valence electrons. The number of nitrogens with one attached hydrogen (secondary N) is 1. The van der Waals surface area contributed by atoms with E-state index in [0.717, 1.165) is 29.8 Å². The largest absolute Gasteiger partial charge is 0.379 e. The van der Waals surface area contributed by atoms with Gasteiger partial charge in [-0.25, -0.2) is 4.98 Å². The normalized spacial score (nSPS) is 21.7. The summed E-state index contributed by atoms with van der Waals surface area (Å²) in [5.74, 6) is 0.722. The third kappa shape index (κ3) is 3.92. The molecule has 22 heavy (non-hydrogen) atoms. The van der Waals surface area contributed by atoms with Gasteiger partial charge in [-0.05, 0) is 6.42 Å². The molecule has 0 amide bonds. The smallest absolute Gasteiger partial charge is 0.238 e. The molecule has 0 bridgehead atoms. The van der Waals surface area contributed by atoms with Gasteiger partial charge in [-0.1, -0.05) is 0 Å². The molecule has 3 rings (SSSR count). The highest BCUT2D eigenvalue weighted by Crippen LogP contribution is 2.22. The summed E-state index contributed by atoms with van der Waals surface area (Å²) in [4.78, 5) is 10.6. The first kappa shape index (κ1) is 15.6. The van der Waals surface area contributed by atoms with Crippen molar-refractivity contribution in [3.8, 4) is 0 Å². The fraction of sp³-hybridized carbons (Fsp3) is 0.615. The summed E-state index contributed by atoms with van der Waals surface area (Å²) >= 11 is 2.94. The van der Waals surface area contributed by atoms with Crippen LogP contribution in [0.2, 0.25) is 0 Å². The number of aromatic nitrogens is 3. The Kier molecular flexibility index (Phi) is 5.19. The summed E-state index contributed by atoms with van der Waals surface area (Å²) in [6.45, 7) is 1.82. The van der Waals surface area contributed by atoms with Crippen molar-refractivity contribution in [3.63, 3.8) is 0 Å². The van der Waals surface area contributed by atoms with Gasteiger partial charge in [0.15, 0.2) is 0 Å². The SMILES string of the molecule is CN(C)c1nsc(N[C@@H]2CCOC[C@H]2OCc2cscn2)n1. The minimum Gasteiger partial charge on any atom is -0.379 e. The number of ether oxygens (including phenoxy) is 2. The predicted octanol–water partition coefficient (Wildman–Crippen LogP) is 1.85. The second-order valence-corrected chi connectivity index (χ2v) is 6.71. The van der Waals surface area contributed by atoms with Crippen LogP contribution in [0.1, 0.15) is 12.1 Å². The second-order valence-electron chi connectivity index (χ2n) is 5.24. The molecule has 0 radical (unpaired) electrons. The molecule has 0 aromatic carbocycles. The molecule has 1 N–H and O–H groups in total. The third-order valence-electron chi connectivity index (χ3n) is 3.36. The van der Waals surface area contributed by atoms with E-state index in [1.165, 1.54) is 11.5 Å². The molecular weight excluding hydrogens is 322 g/mol. The Morgan fingerprint density at radius 2 is 2.41 bits per heavy atom. The summed E-state index contributed by atoms with van der Waals surface area (Å²) in [7, 11) is 3.86. The fourth-order valence-electron chi connectivity index (χ4n) is 2.16. The Morgan fingerprint density at radius 3 is 3.14 bits per heavy atom. The van der Waals surface area contributed by atoms with Crippen molar-refractivity contribution in [1.82, 2.24) is 14.3 Å². The first-order valence-corrected chi connectivity index (χ1v) is 8.78. The van der Waals surface area contributed by atoms with Gasteiger partial charge < -0.3 is 19.7 Å². The van der Waals surface area contributed by atoms with E-state index in [-0.39, 0.29) is 12.1 Å². The molecular formula is C13H19N5O2S2. The molecule has 1 aliphatic heterocycles. The number of hydrogen-bond donors (Lipinski definition) is 1. The van der Waals surface area contributed by atoms with Crippen LogP contribution in [-0.4, -0.2) is 53.8 Å². The van der Waals surface area contributed by atoms with E-state index in [2.05, 4.69) is 19.7 Å². The van der Waals surface area contributed by atoms with Crippen molar-refractivity contribution in [1.29, 1.82) is 0 Å². The van der Waals surface area contributed by atoms with Crippen LogP contribution in [0.25, 0.3) is 0 Å². The highest BCUT2D eigenvalue weighted by atomic mass is 32.1. The molecule has 2 atom stereocenters. The zero-order chi connectivity index (χ0) is 15.4. The van der Waals surface area contributed by atoms with Gasteiger partial charge in [0.2, 0.25) is 11.1 Å². The molecule has 9 heteroatoms. The van der Waals surface area contributed by atoms with Crippen molar-refractivity contribution >= 4 is 33.9 Å². The van der Waals surface area contributed by atoms with Crippen LogP contribution in [0.5, 0.6) is 0 Å². The van der Waals surface area contributed by atoms with Crippen LogP contribution >= 0.6 is 22.9 Å². The maximum Gasteiger partial charge on any atom is 0.238 e. The van der Waals surface area contributed by atoms with Gasteiger partial charge in [-0.15, -0.1) is 11.3 Å². The Bertz CT molecular complexity index is 575. The Hall–Kier alpha value is -1.29. The first-order chi connectivity index (χ1) is 10.7. The average molecular weight is 341 g/mol. The highest BCUT2D eigenvalue weighted by Gasteiger charge is 2.27. The predicted molar refractivity (Wildman–Crippen MR) is 87.8 cm³/mol. The number of hydrogen-bond acceptors (Lipinski definition) is 9. The first-order valence-electron chi connectivity index (χ1n) is 7.06. The van der Waals surface area contributed by atoms with E-state index in [9.17, 15) is 0 Å². The zero-order valence-corrected chi connectivity index (χ0v) is 14.2. The van der Waals surface area contributed by atoms with Gasteiger partial charge in [-0.3, -0.25) is 0 Å². The van der Waals surface area contributed by atoms with Gasteiger partial charge >= 0.3 is 0 Å². The van der Waals surface area contributed by atoms with Gasteiger partial charge in [-0.2, -0.15) is 9.36 Å². The van der Waals surface area contributed by atoms with E-state index >= 15 is 0 Å². The van der Waals surface area contributed by atoms with Crippen molar-refractivity contribution in [3.05, 3.63) is 16.6 Å². The summed E-state index contributed by atoms with van der Waals surface area (Å²) in [5, 5.41) is 6.25. The standard InChI is InChI=1S/C13H19N5O2S2/c1-18(2)12-16-13(22-17-12)15-10-3-4-19-6-11(10)20-5-9-7-21-8-14-9/h7-8,10-11H,3-6H2,1-2H3,(H,15,16,17)/t10-,11-/m1/s1. The maximum absolute atomic E-state index is 5.97. The van der Waals surface area contributed by atoms with Crippen LogP contribution in [0.15, 0.2) is 10.9 Å². The molecule has 1 fully saturated rings. The lowest BCUT2D eigenvalue weighted by molar-refractivity contribution is -0.0643. The maximum atomic E-state index is 5.97. The van der Waals surface area contributed by atoms with E-state index in [1.54, 1.807) is 11.3 Å². The van der Waals surface area contributed by atoms with E-state index in [4.69, 9.17) is 9.47 Å². The summed E-state index contributed by atoms with van der Waals surface area (Å²) in [6.07, 6.45) is 0.876. The molecule has 1 aliphatic rings. The quantitative estimate of drug-likeness (QED) is 0.859. The highest BCUT2D eigenvalue weighted by molar-refractivity contribution is 7.09. The van der Waals surface area contributed by atoms with Gasteiger partial charge in [0.25, 0.3) is 0 Å². The molecule has 0 spiro atoms. The van der Waals surface area contributed by atoms with E-state index in [0.29, 0.717) is 13.2 Å². The van der Waals surface area contributed by atoms with Gasteiger partial charge in [0.1, 0.15) is 6.10 Å². The van der Waals surface area contributed by atoms with Crippen LogP contribution < -0.4 is 10.2 Å². The molecule has 0 saturated carbocycles. The van der Waals surface area contributed by atoms with Gasteiger partial charge in [0, 0.05) is 37.6 Å². The third-order valence-corrected chi connectivity index (χ3v) is 4.63. The van der Waals surface area contributed by atoms with Crippen LogP contribution in [0.3, 0.4) is 0 Å². The lowest BCUT2D eigenvalue weighted by Gasteiger charge is -2.31. The fourth-order valence-corrected chi connectivity index (χ4v) is 3.40. The summed E-state index contributed by atoms with van der Waals surface area (Å²) < 4.78 is 15.8. The molecule has 2 aromatic heterocycles. The topological polar surface area (TPSA) is 72.4 Å². The molecule has 0 unspecified atom stereocenters. The number of anilines is 2. The van der Waals surface area contributed by atoms with Crippen molar-refractivity contribution in [2.24, 2.45) is 0 Å². The van der Waals surface area contributed by atoms with Crippen molar-refractivity contribution in [2.75, 3.05) is 37.5 Å². The summed E-state index contributed by atoms with van der Waals surface area (Å²) in [6, 6.07) is 0.176. The van der Waals surface area contributed by atoms with Crippen LogP contribution in [-0.2, 0) is 16.1 Å². The Labute approximate surface area is 137 Å². The Balaban J connectivity index is 1.59. The lowest BCUT2D eigenvalue weighted by Crippen LogP contribution is -2.43. The number of nitrogens with zero attached hydrogens (tertiary/aromatic N) is 4. The van der Waals surface area contributed by atoms with E-state index in [1.807, 2.05) is 29.9 Å². The average Bonchev–Trinajstić information content (AvgIpc) is 3.17. The monoisotopic (exact) mass is 341 g/mol. The van der Waals surface area contributed by atoms with Crippen molar-refractivity contribution in [2.45, 2.75) is 25.2 Å². The number of thiazole rings is 1. The van der Waals surface area contributed by atoms with Crippen LogP contribution in [0, 0.1) is 0 Å². The minimum absolute atomic E-state index is 0.0119. The van der Waals surface area contributed by atoms with Crippen molar-refractivity contribution < 1.29 is 9.47 Å². The lowest BCUT2D eigenvalue weighted by atomic mass is 10.1. The molecule has 0 aliphatic carbocycles. The molecule has 2 aromatic rings. The van der Waals surface area contributed by atoms with Gasteiger partial charge in [0.05, 0.1) is 30.5 Å². The number of rotatable bonds is 6. The molecule has 1 saturated heterocycles. The zero-order valence-electron chi connectivity index (χ0n) is 12.6. The minimum atomic E-state index is -0.0119. The van der Waals surface area contributed by atoms with Crippen LogP contribution in [0.4, 0.5) is 11.1 Å².